The lowest BCUT2D eigenvalue weighted by molar-refractivity contribution is 0.196. The number of aromatic nitrogens is 1. The van der Waals surface area contributed by atoms with Crippen LogP contribution in [0.25, 0.3) is 0 Å². The third-order valence-corrected chi connectivity index (χ3v) is 2.22. The Bertz CT molecular complexity index is 274. The van der Waals surface area contributed by atoms with Gasteiger partial charge in [-0.25, -0.2) is 4.98 Å². The maximum atomic E-state index is 8.87. The van der Waals surface area contributed by atoms with Crippen LogP contribution in [0.5, 0.6) is 0 Å². The van der Waals surface area contributed by atoms with Gasteiger partial charge in [-0.15, -0.1) is 0 Å². The van der Waals surface area contributed by atoms with E-state index in [1.54, 1.807) is 13.3 Å². The zero-order valence-electron chi connectivity index (χ0n) is 9.31. The van der Waals surface area contributed by atoms with Crippen LogP contribution in [-0.2, 0) is 11.3 Å². The lowest BCUT2D eigenvalue weighted by Crippen LogP contribution is -2.20. The molecule has 1 rings (SSSR count). The Labute approximate surface area is 90.5 Å². The molecule has 0 spiro atoms. The highest BCUT2D eigenvalue weighted by molar-refractivity contribution is 5.37. The molecule has 84 valence electrons. The van der Waals surface area contributed by atoms with Crippen molar-refractivity contribution in [2.75, 3.05) is 32.2 Å². The minimum atomic E-state index is 0.0423. The number of aliphatic hydroxyl groups is 1. The van der Waals surface area contributed by atoms with E-state index in [1.807, 2.05) is 19.2 Å². The summed E-state index contributed by atoms with van der Waals surface area (Å²) in [6, 6.07) is 3.80. The fourth-order valence-corrected chi connectivity index (χ4v) is 1.30. The van der Waals surface area contributed by atoms with Crippen molar-refractivity contribution >= 4 is 5.82 Å². The first-order chi connectivity index (χ1) is 7.27. The van der Waals surface area contributed by atoms with Gasteiger partial charge in [-0.3, -0.25) is 0 Å². The minimum absolute atomic E-state index is 0.0423. The number of nitrogens with zero attached hydrogens (tertiary/aromatic N) is 2. The van der Waals surface area contributed by atoms with Crippen LogP contribution in [0.15, 0.2) is 18.3 Å². The number of methoxy groups -OCH3 is 1. The van der Waals surface area contributed by atoms with Crippen molar-refractivity contribution in [3.63, 3.8) is 0 Å². The smallest absolute Gasteiger partial charge is 0.128 e. The van der Waals surface area contributed by atoms with Crippen LogP contribution in [0.4, 0.5) is 5.82 Å². The molecule has 0 bridgehead atoms. The lowest BCUT2D eigenvalue weighted by Gasteiger charge is -2.17. The van der Waals surface area contributed by atoms with E-state index in [2.05, 4.69) is 9.88 Å². The molecule has 4 nitrogen and oxygen atoms in total. The van der Waals surface area contributed by atoms with Gasteiger partial charge in [-0.2, -0.15) is 0 Å². The van der Waals surface area contributed by atoms with Gasteiger partial charge in [0, 0.05) is 33.5 Å². The number of rotatable bonds is 6. The standard InChI is InChI=1S/C11H18N2O2/c1-13(6-3-7-15-2)11-5-4-10(9-14)8-12-11/h4-5,8,14H,3,6-7,9H2,1-2H3. The third kappa shape index (κ3) is 3.85. The Kier molecular flexibility index (Phi) is 5.07. The van der Waals surface area contributed by atoms with Crippen LogP contribution in [0.2, 0.25) is 0 Å². The van der Waals surface area contributed by atoms with Crippen molar-refractivity contribution in [2.24, 2.45) is 0 Å². The van der Waals surface area contributed by atoms with Gasteiger partial charge < -0.3 is 14.7 Å². The Balaban J connectivity index is 2.46. The van der Waals surface area contributed by atoms with Crippen LogP contribution in [0.1, 0.15) is 12.0 Å². The van der Waals surface area contributed by atoms with Crippen molar-refractivity contribution in [3.8, 4) is 0 Å². The number of anilines is 1. The zero-order chi connectivity index (χ0) is 11.1. The van der Waals surface area contributed by atoms with Gasteiger partial charge in [0.25, 0.3) is 0 Å². The first kappa shape index (κ1) is 11.9. The average Bonchev–Trinajstić information content (AvgIpc) is 2.29. The summed E-state index contributed by atoms with van der Waals surface area (Å²) in [5.74, 6) is 0.920. The molecule has 1 aromatic heterocycles. The molecule has 1 N–H and O–H groups in total. The van der Waals surface area contributed by atoms with Crippen molar-refractivity contribution < 1.29 is 9.84 Å². The summed E-state index contributed by atoms with van der Waals surface area (Å²) in [5, 5.41) is 8.87. The molecule has 1 aromatic rings. The van der Waals surface area contributed by atoms with Crippen LogP contribution in [0, 0.1) is 0 Å². The van der Waals surface area contributed by atoms with Crippen molar-refractivity contribution in [1.82, 2.24) is 4.98 Å². The van der Waals surface area contributed by atoms with Crippen LogP contribution >= 0.6 is 0 Å². The van der Waals surface area contributed by atoms with Gasteiger partial charge >= 0.3 is 0 Å². The molecule has 0 aromatic carbocycles. The number of hydrogen-bond acceptors (Lipinski definition) is 4. The van der Waals surface area contributed by atoms with E-state index >= 15 is 0 Å². The monoisotopic (exact) mass is 210 g/mol. The molecule has 1 heterocycles. The number of aliphatic hydroxyl groups excluding tert-OH is 1. The highest BCUT2D eigenvalue weighted by Gasteiger charge is 2.01. The molecule has 0 aliphatic carbocycles. The van der Waals surface area contributed by atoms with Crippen LogP contribution in [0.3, 0.4) is 0 Å². The average molecular weight is 210 g/mol. The Morgan fingerprint density at radius 3 is 2.80 bits per heavy atom. The van der Waals surface area contributed by atoms with Crippen molar-refractivity contribution in [2.45, 2.75) is 13.0 Å². The number of hydrogen-bond donors (Lipinski definition) is 1. The summed E-state index contributed by atoms with van der Waals surface area (Å²) in [6.07, 6.45) is 2.68. The predicted octanol–water partition coefficient (Wildman–Crippen LogP) is 1.05. The van der Waals surface area contributed by atoms with E-state index in [4.69, 9.17) is 9.84 Å². The van der Waals surface area contributed by atoms with Gasteiger partial charge in [0.05, 0.1) is 6.61 Å². The molecule has 0 radical (unpaired) electrons. The summed E-state index contributed by atoms with van der Waals surface area (Å²) < 4.78 is 4.98. The molecule has 0 amide bonds. The Morgan fingerprint density at radius 2 is 2.27 bits per heavy atom. The van der Waals surface area contributed by atoms with E-state index in [0.29, 0.717) is 0 Å². The molecule has 0 unspecified atom stereocenters. The second-order valence-electron chi connectivity index (χ2n) is 3.45. The maximum Gasteiger partial charge on any atom is 0.128 e. The van der Waals surface area contributed by atoms with E-state index in [0.717, 1.165) is 31.0 Å². The highest BCUT2D eigenvalue weighted by Crippen LogP contribution is 2.09. The summed E-state index contributed by atoms with van der Waals surface area (Å²) in [5.41, 5.74) is 0.837. The highest BCUT2D eigenvalue weighted by atomic mass is 16.5. The summed E-state index contributed by atoms with van der Waals surface area (Å²) >= 11 is 0. The Morgan fingerprint density at radius 1 is 1.47 bits per heavy atom. The summed E-state index contributed by atoms with van der Waals surface area (Å²) in [4.78, 5) is 6.32. The molecule has 4 heteroatoms. The first-order valence-electron chi connectivity index (χ1n) is 5.03. The minimum Gasteiger partial charge on any atom is -0.392 e. The summed E-state index contributed by atoms with van der Waals surface area (Å²) in [7, 11) is 3.70. The molecule has 0 aliphatic rings. The number of pyridine rings is 1. The molecular formula is C11H18N2O2. The fourth-order valence-electron chi connectivity index (χ4n) is 1.30. The first-order valence-corrected chi connectivity index (χ1v) is 5.03. The molecule has 0 aliphatic heterocycles. The fraction of sp³-hybridized carbons (Fsp3) is 0.545. The Hall–Kier alpha value is -1.13. The predicted molar refractivity (Wildman–Crippen MR) is 59.9 cm³/mol. The largest absolute Gasteiger partial charge is 0.392 e. The second kappa shape index (κ2) is 6.37. The molecule has 0 fully saturated rings. The quantitative estimate of drug-likeness (QED) is 0.713. The number of ether oxygens (including phenoxy) is 1. The van der Waals surface area contributed by atoms with Gasteiger partial charge in [0.1, 0.15) is 5.82 Å². The molecule has 15 heavy (non-hydrogen) atoms. The maximum absolute atomic E-state index is 8.87. The van der Waals surface area contributed by atoms with Crippen LogP contribution in [-0.4, -0.2) is 37.4 Å². The van der Waals surface area contributed by atoms with Gasteiger partial charge in [0.15, 0.2) is 0 Å². The molecule has 0 saturated heterocycles. The third-order valence-electron chi connectivity index (χ3n) is 2.22. The second-order valence-corrected chi connectivity index (χ2v) is 3.45. The van der Waals surface area contributed by atoms with E-state index < -0.39 is 0 Å². The topological polar surface area (TPSA) is 45.6 Å². The van der Waals surface area contributed by atoms with Crippen LogP contribution < -0.4 is 4.90 Å². The van der Waals surface area contributed by atoms with E-state index in [9.17, 15) is 0 Å². The molecule has 0 atom stereocenters. The van der Waals surface area contributed by atoms with Crippen molar-refractivity contribution in [3.05, 3.63) is 23.9 Å². The molecular weight excluding hydrogens is 192 g/mol. The van der Waals surface area contributed by atoms with E-state index in [-0.39, 0.29) is 6.61 Å². The van der Waals surface area contributed by atoms with Gasteiger partial charge in [-0.1, -0.05) is 6.07 Å². The lowest BCUT2D eigenvalue weighted by atomic mass is 10.3. The van der Waals surface area contributed by atoms with Gasteiger partial charge in [-0.05, 0) is 18.1 Å². The summed E-state index contributed by atoms with van der Waals surface area (Å²) in [6.45, 7) is 1.72. The normalized spacial score (nSPS) is 10.3. The molecule has 0 saturated carbocycles. The van der Waals surface area contributed by atoms with Gasteiger partial charge in [0.2, 0.25) is 0 Å². The zero-order valence-corrected chi connectivity index (χ0v) is 9.31. The van der Waals surface area contributed by atoms with E-state index in [1.165, 1.54) is 0 Å². The van der Waals surface area contributed by atoms with Crippen molar-refractivity contribution in [1.29, 1.82) is 0 Å². The SMILES string of the molecule is COCCCN(C)c1ccc(CO)cn1.